The molecule has 2 aromatic rings. The van der Waals surface area contributed by atoms with Gasteiger partial charge in [0.15, 0.2) is 0 Å². The SMILES string of the molecule is Nc1nc(N2CCCC(c3ncc4n3CCC4)C2)ccc1NC(=O)C1(N2CCOCC2=O)CC1. The third-order valence-corrected chi connectivity index (χ3v) is 7.70. The molecule has 180 valence electrons. The number of nitrogens with zero attached hydrogens (tertiary/aromatic N) is 5. The van der Waals surface area contributed by atoms with Crippen LogP contribution in [-0.4, -0.2) is 69.6 Å². The number of hydrogen-bond donors (Lipinski definition) is 2. The van der Waals surface area contributed by atoms with Crippen LogP contribution in [0.25, 0.3) is 0 Å². The van der Waals surface area contributed by atoms with Gasteiger partial charge in [0.1, 0.15) is 29.6 Å². The van der Waals surface area contributed by atoms with Crippen molar-refractivity contribution in [3.8, 4) is 0 Å². The molecule has 2 saturated heterocycles. The van der Waals surface area contributed by atoms with Gasteiger partial charge in [0.25, 0.3) is 0 Å². The molecule has 34 heavy (non-hydrogen) atoms. The summed E-state index contributed by atoms with van der Waals surface area (Å²) >= 11 is 0. The van der Waals surface area contributed by atoms with E-state index in [-0.39, 0.29) is 18.4 Å². The van der Waals surface area contributed by atoms with Crippen LogP contribution in [-0.2, 0) is 27.3 Å². The number of carbonyl (C=O) groups is 2. The van der Waals surface area contributed by atoms with Crippen molar-refractivity contribution in [3.63, 3.8) is 0 Å². The lowest BCUT2D eigenvalue weighted by atomic mass is 9.97. The lowest BCUT2D eigenvalue weighted by Crippen LogP contribution is -2.54. The molecule has 1 atom stereocenters. The number of morpholine rings is 1. The molecule has 10 heteroatoms. The van der Waals surface area contributed by atoms with E-state index in [0.717, 1.165) is 44.7 Å². The monoisotopic (exact) mass is 465 g/mol. The van der Waals surface area contributed by atoms with Gasteiger partial charge >= 0.3 is 0 Å². The number of aromatic nitrogens is 3. The number of hydrogen-bond acceptors (Lipinski definition) is 7. The molecule has 1 unspecified atom stereocenters. The fourth-order valence-electron chi connectivity index (χ4n) is 5.72. The van der Waals surface area contributed by atoms with Gasteiger partial charge in [0, 0.05) is 44.0 Å². The summed E-state index contributed by atoms with van der Waals surface area (Å²) in [5.41, 5.74) is 7.33. The number of pyridine rings is 1. The van der Waals surface area contributed by atoms with E-state index >= 15 is 0 Å². The number of nitrogens with two attached hydrogens (primary N) is 1. The van der Waals surface area contributed by atoms with E-state index in [1.54, 1.807) is 4.90 Å². The lowest BCUT2D eigenvalue weighted by Gasteiger charge is -2.34. The molecule has 5 heterocycles. The third-order valence-electron chi connectivity index (χ3n) is 7.70. The summed E-state index contributed by atoms with van der Waals surface area (Å²) in [6.45, 7) is 3.78. The number of nitrogens with one attached hydrogen (secondary N) is 1. The van der Waals surface area contributed by atoms with Crippen molar-refractivity contribution in [2.75, 3.05) is 48.8 Å². The smallest absolute Gasteiger partial charge is 0.250 e. The zero-order valence-electron chi connectivity index (χ0n) is 19.3. The first-order valence-corrected chi connectivity index (χ1v) is 12.3. The molecule has 4 aliphatic rings. The molecule has 1 saturated carbocycles. The van der Waals surface area contributed by atoms with Gasteiger partial charge in [-0.3, -0.25) is 9.59 Å². The summed E-state index contributed by atoms with van der Waals surface area (Å²) in [6, 6.07) is 3.74. The number of amides is 2. The van der Waals surface area contributed by atoms with Gasteiger partial charge in [-0.1, -0.05) is 0 Å². The Balaban J connectivity index is 1.15. The van der Waals surface area contributed by atoms with Crippen molar-refractivity contribution >= 4 is 29.1 Å². The number of fused-ring (bicyclic) bond motifs is 1. The summed E-state index contributed by atoms with van der Waals surface area (Å²) < 4.78 is 7.60. The highest BCUT2D eigenvalue weighted by Gasteiger charge is 2.56. The molecular formula is C24H31N7O3. The van der Waals surface area contributed by atoms with Gasteiger partial charge in [-0.25, -0.2) is 9.97 Å². The maximum atomic E-state index is 13.1. The molecule has 0 aromatic carbocycles. The van der Waals surface area contributed by atoms with Crippen molar-refractivity contribution in [2.45, 2.75) is 56.5 Å². The number of carbonyl (C=O) groups excluding carboxylic acids is 2. The molecule has 0 radical (unpaired) electrons. The summed E-state index contributed by atoms with van der Waals surface area (Å²) in [5, 5.41) is 2.93. The minimum Gasteiger partial charge on any atom is -0.382 e. The molecule has 1 aliphatic carbocycles. The minimum absolute atomic E-state index is 0.0335. The van der Waals surface area contributed by atoms with Gasteiger partial charge in [-0.2, -0.15) is 0 Å². The van der Waals surface area contributed by atoms with E-state index in [2.05, 4.69) is 19.8 Å². The Kier molecular flexibility index (Phi) is 5.20. The number of piperidine rings is 1. The van der Waals surface area contributed by atoms with Crippen LogP contribution in [0.2, 0.25) is 0 Å². The second-order valence-electron chi connectivity index (χ2n) is 9.83. The largest absolute Gasteiger partial charge is 0.382 e. The standard InChI is InChI=1S/C24H31N7O3/c25-21-18(27-23(33)24(7-8-24)31-11-12-34-15-20(31)32)5-6-19(28-21)29-9-1-3-16(14-29)22-26-13-17-4-2-10-30(17)22/h5-6,13,16H,1-4,7-12,14-15H2,(H2,25,28)(H,27,33). The van der Waals surface area contributed by atoms with Crippen molar-refractivity contribution in [3.05, 3.63) is 29.8 Å². The van der Waals surface area contributed by atoms with Gasteiger partial charge in [0.05, 0.1) is 12.3 Å². The molecule has 0 bridgehead atoms. The number of ether oxygens (including phenoxy) is 1. The summed E-state index contributed by atoms with van der Waals surface area (Å²) in [7, 11) is 0. The highest BCUT2D eigenvalue weighted by Crippen LogP contribution is 2.43. The Bertz CT molecular complexity index is 1130. The van der Waals surface area contributed by atoms with E-state index in [0.29, 0.717) is 43.4 Å². The van der Waals surface area contributed by atoms with E-state index in [4.69, 9.17) is 15.5 Å². The lowest BCUT2D eigenvalue weighted by molar-refractivity contribution is -0.150. The number of nitrogen functional groups attached to an aromatic ring is 1. The molecule has 2 aromatic heterocycles. The van der Waals surface area contributed by atoms with Crippen LogP contribution in [0.4, 0.5) is 17.3 Å². The van der Waals surface area contributed by atoms with Crippen LogP contribution >= 0.6 is 0 Å². The molecule has 3 N–H and O–H groups in total. The van der Waals surface area contributed by atoms with Crippen molar-refractivity contribution in [1.82, 2.24) is 19.4 Å². The van der Waals surface area contributed by atoms with Crippen LogP contribution in [0.1, 0.15) is 49.5 Å². The van der Waals surface area contributed by atoms with Crippen molar-refractivity contribution in [1.29, 1.82) is 0 Å². The van der Waals surface area contributed by atoms with Gasteiger partial charge in [-0.05, 0) is 50.7 Å². The Morgan fingerprint density at radius 3 is 2.88 bits per heavy atom. The first-order valence-electron chi connectivity index (χ1n) is 12.3. The average molecular weight is 466 g/mol. The van der Waals surface area contributed by atoms with E-state index in [9.17, 15) is 9.59 Å². The summed E-state index contributed by atoms with van der Waals surface area (Å²) in [4.78, 5) is 38.7. The van der Waals surface area contributed by atoms with Crippen LogP contribution in [0.15, 0.2) is 18.3 Å². The number of rotatable bonds is 5. The first-order chi connectivity index (χ1) is 16.5. The Morgan fingerprint density at radius 2 is 2.09 bits per heavy atom. The number of imidazole rings is 1. The molecule has 3 aliphatic heterocycles. The van der Waals surface area contributed by atoms with Gasteiger partial charge in [-0.15, -0.1) is 0 Å². The van der Waals surface area contributed by atoms with E-state index in [1.165, 1.54) is 17.9 Å². The predicted octanol–water partition coefficient (Wildman–Crippen LogP) is 1.52. The second kappa shape index (κ2) is 8.26. The van der Waals surface area contributed by atoms with Gasteiger partial charge in [0.2, 0.25) is 11.8 Å². The molecule has 6 rings (SSSR count). The number of aryl methyl sites for hydroxylation is 1. The Hall–Kier alpha value is -3.14. The maximum absolute atomic E-state index is 13.1. The number of anilines is 3. The molecule has 3 fully saturated rings. The highest BCUT2D eigenvalue weighted by molar-refractivity contribution is 6.04. The fourth-order valence-corrected chi connectivity index (χ4v) is 5.72. The fraction of sp³-hybridized carbons (Fsp3) is 0.583. The molecule has 0 spiro atoms. The minimum atomic E-state index is -0.781. The normalized spacial score (nSPS) is 23.6. The highest BCUT2D eigenvalue weighted by atomic mass is 16.5. The summed E-state index contributed by atoms with van der Waals surface area (Å²) in [5.74, 6) is 2.35. The Labute approximate surface area is 198 Å². The van der Waals surface area contributed by atoms with Crippen LogP contribution in [0, 0.1) is 0 Å². The maximum Gasteiger partial charge on any atom is 0.250 e. The van der Waals surface area contributed by atoms with Crippen LogP contribution in [0.5, 0.6) is 0 Å². The Morgan fingerprint density at radius 1 is 1.21 bits per heavy atom. The molecule has 2 amide bonds. The zero-order chi connectivity index (χ0) is 23.3. The topological polar surface area (TPSA) is 119 Å². The molecular weight excluding hydrogens is 434 g/mol. The zero-order valence-corrected chi connectivity index (χ0v) is 19.3. The first kappa shape index (κ1) is 21.4. The van der Waals surface area contributed by atoms with Crippen molar-refractivity contribution in [2.24, 2.45) is 0 Å². The summed E-state index contributed by atoms with van der Waals surface area (Å²) in [6.07, 6.45) is 7.86. The predicted molar refractivity (Wildman–Crippen MR) is 127 cm³/mol. The average Bonchev–Trinajstić information content (AvgIpc) is 3.35. The quantitative estimate of drug-likeness (QED) is 0.687. The van der Waals surface area contributed by atoms with E-state index in [1.807, 2.05) is 18.3 Å². The molecule has 10 nitrogen and oxygen atoms in total. The third kappa shape index (κ3) is 3.60. The van der Waals surface area contributed by atoms with Crippen LogP contribution in [0.3, 0.4) is 0 Å². The van der Waals surface area contributed by atoms with Crippen LogP contribution < -0.4 is 16.0 Å². The van der Waals surface area contributed by atoms with E-state index < -0.39 is 5.54 Å². The second-order valence-corrected chi connectivity index (χ2v) is 9.83. The van der Waals surface area contributed by atoms with Crippen molar-refractivity contribution < 1.29 is 14.3 Å². The van der Waals surface area contributed by atoms with Gasteiger partial charge < -0.3 is 30.2 Å².